The van der Waals surface area contributed by atoms with Crippen molar-refractivity contribution in [3.8, 4) is 0 Å². The maximum absolute atomic E-state index is 11.8. The zero-order valence-corrected chi connectivity index (χ0v) is 10.6. The number of nitrogens with one attached hydrogen (secondary N) is 1. The van der Waals surface area contributed by atoms with Crippen LogP contribution in [0.1, 0.15) is 16.8 Å². The van der Waals surface area contributed by atoms with Gasteiger partial charge in [-0.2, -0.15) is 0 Å². The number of hydrazone groups is 1. The minimum Gasteiger partial charge on any atom is -0.368 e. The quantitative estimate of drug-likeness (QED) is 0.476. The van der Waals surface area contributed by atoms with Crippen LogP contribution in [0.4, 0.5) is 0 Å². The van der Waals surface area contributed by atoms with Gasteiger partial charge in [-0.15, -0.1) is 16.7 Å². The summed E-state index contributed by atoms with van der Waals surface area (Å²) in [5, 5.41) is 8.51. The van der Waals surface area contributed by atoms with Crippen molar-refractivity contribution in [3.05, 3.63) is 35.9 Å². The molecule has 1 heterocycles. The second-order valence-corrected chi connectivity index (χ2v) is 4.72. The number of alkyl halides is 1. The molecule has 1 amide bonds. The van der Waals surface area contributed by atoms with Gasteiger partial charge in [0.25, 0.3) is 5.91 Å². The summed E-state index contributed by atoms with van der Waals surface area (Å²) in [6.45, 7) is 1.42. The maximum atomic E-state index is 11.8. The fraction of sp³-hybridized carbons (Fsp3) is 0.333. The lowest BCUT2D eigenvalue weighted by atomic mass is 10.2. The summed E-state index contributed by atoms with van der Waals surface area (Å²) >= 11 is 5.95. The molecule has 1 unspecified atom stereocenters. The van der Waals surface area contributed by atoms with Crippen LogP contribution in [0, 0.1) is 0 Å². The first kappa shape index (κ1) is 12.7. The van der Waals surface area contributed by atoms with E-state index < -0.39 is 0 Å². The van der Waals surface area contributed by atoms with Crippen LogP contribution in [-0.4, -0.2) is 35.3 Å². The Kier molecular flexibility index (Phi) is 4.04. The van der Waals surface area contributed by atoms with Crippen LogP contribution in [0.25, 0.3) is 0 Å². The van der Waals surface area contributed by atoms with E-state index in [1.165, 1.54) is 0 Å². The van der Waals surface area contributed by atoms with Crippen LogP contribution in [0.15, 0.2) is 35.4 Å². The molecule has 6 heteroatoms. The third-order valence-electron chi connectivity index (χ3n) is 2.64. The fourth-order valence-electron chi connectivity index (χ4n) is 1.75. The number of carbonyl (C=O) groups is 1. The average Bonchev–Trinajstić information content (AvgIpc) is 2.75. The number of nitrogens with two attached hydrogens (primary N) is 1. The summed E-state index contributed by atoms with van der Waals surface area (Å²) in [5.74, 6) is -0.173. The lowest BCUT2D eigenvalue weighted by molar-refractivity contribution is 0.0976. The first-order chi connectivity index (χ1) is 8.65. The molecule has 0 aromatic heterocycles. The van der Waals surface area contributed by atoms with Crippen molar-refractivity contribution in [2.75, 3.05) is 13.1 Å². The van der Waals surface area contributed by atoms with Crippen molar-refractivity contribution >= 4 is 23.5 Å². The van der Waals surface area contributed by atoms with Crippen LogP contribution in [0.3, 0.4) is 0 Å². The number of hydrogen-bond donors (Lipinski definition) is 2. The Morgan fingerprint density at radius 3 is 2.78 bits per heavy atom. The predicted molar refractivity (Wildman–Crippen MR) is 71.4 cm³/mol. The van der Waals surface area contributed by atoms with Crippen LogP contribution in [0.5, 0.6) is 0 Å². The molecule has 1 aliphatic rings. The van der Waals surface area contributed by atoms with Crippen molar-refractivity contribution in [1.82, 2.24) is 10.3 Å². The Hall–Kier alpha value is -1.75. The van der Waals surface area contributed by atoms with Crippen LogP contribution in [0.2, 0.25) is 0 Å². The summed E-state index contributed by atoms with van der Waals surface area (Å²) in [5.41, 5.74) is 6.22. The molecule has 1 saturated heterocycles. The van der Waals surface area contributed by atoms with Gasteiger partial charge in [0, 0.05) is 12.1 Å². The van der Waals surface area contributed by atoms with Crippen molar-refractivity contribution in [1.29, 1.82) is 0 Å². The summed E-state index contributed by atoms with van der Waals surface area (Å²) in [6, 6.07) is 8.86. The first-order valence-corrected chi connectivity index (χ1v) is 6.18. The second kappa shape index (κ2) is 5.73. The second-order valence-electron chi connectivity index (χ2n) is 4.10. The number of carbonyl (C=O) groups excluding carboxylic acids is 1. The van der Waals surface area contributed by atoms with Crippen molar-refractivity contribution in [2.45, 2.75) is 11.8 Å². The minimum absolute atomic E-state index is 0.0922. The molecule has 2 rings (SSSR count). The molecule has 1 aliphatic heterocycles. The van der Waals surface area contributed by atoms with Gasteiger partial charge < -0.3 is 5.73 Å². The number of guanidine groups is 1. The molecule has 0 bridgehead atoms. The molecule has 0 spiro atoms. The molecule has 18 heavy (non-hydrogen) atoms. The van der Waals surface area contributed by atoms with E-state index in [1.807, 2.05) is 6.07 Å². The van der Waals surface area contributed by atoms with Crippen LogP contribution in [-0.2, 0) is 0 Å². The van der Waals surface area contributed by atoms with Gasteiger partial charge in [-0.1, -0.05) is 18.2 Å². The highest BCUT2D eigenvalue weighted by molar-refractivity contribution is 6.20. The number of hydrogen-bond acceptors (Lipinski definition) is 3. The molecule has 1 fully saturated rings. The van der Waals surface area contributed by atoms with Crippen LogP contribution >= 0.6 is 11.6 Å². The third-order valence-corrected chi connectivity index (χ3v) is 2.99. The molecule has 1 atom stereocenters. The largest absolute Gasteiger partial charge is 0.368 e. The van der Waals surface area contributed by atoms with E-state index in [1.54, 1.807) is 29.3 Å². The molecule has 0 saturated carbocycles. The highest BCUT2D eigenvalue weighted by Crippen LogP contribution is 2.14. The fourth-order valence-corrected chi connectivity index (χ4v) is 2.00. The van der Waals surface area contributed by atoms with E-state index in [4.69, 9.17) is 17.3 Å². The number of halogens is 1. The van der Waals surface area contributed by atoms with Crippen molar-refractivity contribution in [2.24, 2.45) is 10.8 Å². The molecule has 96 valence electrons. The molecule has 5 nitrogen and oxygen atoms in total. The minimum atomic E-state index is -0.265. The summed E-state index contributed by atoms with van der Waals surface area (Å²) in [7, 11) is 0. The van der Waals surface area contributed by atoms with Gasteiger partial charge in [0.2, 0.25) is 5.96 Å². The zero-order chi connectivity index (χ0) is 13.0. The first-order valence-electron chi connectivity index (χ1n) is 5.74. The lowest BCUT2D eigenvalue weighted by Crippen LogP contribution is -2.38. The third kappa shape index (κ3) is 3.37. The molecule has 0 radical (unpaired) electrons. The normalized spacial score (nSPS) is 19.9. The highest BCUT2D eigenvalue weighted by Gasteiger charge is 2.19. The standard InChI is InChI=1S/C12H15ClN4O/c13-10-6-7-17(8-10)16-12(14)15-11(18)9-4-2-1-3-5-9/h1-5,10H,6-8H2,(H3,14,15,16,18). The molecule has 1 aromatic carbocycles. The Morgan fingerprint density at radius 2 is 2.17 bits per heavy atom. The molecular formula is C12H15ClN4O. The maximum Gasteiger partial charge on any atom is 0.257 e. The monoisotopic (exact) mass is 266 g/mol. The van der Waals surface area contributed by atoms with Gasteiger partial charge in [0.1, 0.15) is 0 Å². The molecule has 1 aromatic rings. The molecular weight excluding hydrogens is 252 g/mol. The van der Waals surface area contributed by atoms with E-state index >= 15 is 0 Å². The lowest BCUT2D eigenvalue weighted by Gasteiger charge is -2.12. The number of nitrogens with zero attached hydrogens (tertiary/aromatic N) is 2. The van der Waals surface area contributed by atoms with Gasteiger partial charge in [0.05, 0.1) is 11.9 Å². The van der Waals surface area contributed by atoms with Gasteiger partial charge >= 0.3 is 0 Å². The van der Waals surface area contributed by atoms with Crippen molar-refractivity contribution in [3.63, 3.8) is 0 Å². The predicted octanol–water partition coefficient (Wildman–Crippen LogP) is 0.959. The molecule has 3 N–H and O–H groups in total. The highest BCUT2D eigenvalue weighted by atomic mass is 35.5. The number of amides is 1. The van der Waals surface area contributed by atoms with E-state index in [0.29, 0.717) is 12.1 Å². The zero-order valence-electron chi connectivity index (χ0n) is 9.84. The Balaban J connectivity index is 1.93. The number of benzene rings is 1. The van der Waals surface area contributed by atoms with E-state index in [-0.39, 0.29) is 17.2 Å². The van der Waals surface area contributed by atoms with Gasteiger partial charge in [-0.05, 0) is 18.6 Å². The van der Waals surface area contributed by atoms with Gasteiger partial charge in [-0.3, -0.25) is 15.1 Å². The SMILES string of the molecule is NC(=NN1CCC(Cl)C1)NC(=O)c1ccccc1. The Morgan fingerprint density at radius 1 is 1.44 bits per heavy atom. The Bertz CT molecular complexity index is 449. The topological polar surface area (TPSA) is 70.7 Å². The summed E-state index contributed by atoms with van der Waals surface area (Å²) in [6.07, 6.45) is 0.880. The van der Waals surface area contributed by atoms with Gasteiger partial charge in [-0.25, -0.2) is 0 Å². The Labute approximate surface area is 111 Å². The average molecular weight is 267 g/mol. The number of rotatable bonds is 2. The smallest absolute Gasteiger partial charge is 0.257 e. The van der Waals surface area contributed by atoms with Gasteiger partial charge in [0.15, 0.2) is 0 Å². The van der Waals surface area contributed by atoms with Crippen LogP contribution < -0.4 is 11.1 Å². The summed E-state index contributed by atoms with van der Waals surface area (Å²) in [4.78, 5) is 11.8. The van der Waals surface area contributed by atoms with E-state index in [9.17, 15) is 4.79 Å². The van der Waals surface area contributed by atoms with E-state index in [2.05, 4.69) is 10.4 Å². The molecule has 0 aliphatic carbocycles. The summed E-state index contributed by atoms with van der Waals surface area (Å²) < 4.78 is 0. The van der Waals surface area contributed by atoms with E-state index in [0.717, 1.165) is 13.0 Å². The van der Waals surface area contributed by atoms with Crippen molar-refractivity contribution < 1.29 is 4.79 Å².